The highest BCUT2D eigenvalue weighted by molar-refractivity contribution is 6.11. The van der Waals surface area contributed by atoms with Crippen molar-refractivity contribution in [3.63, 3.8) is 0 Å². The predicted octanol–water partition coefficient (Wildman–Crippen LogP) is 6.41. The average Bonchev–Trinajstić information content (AvgIpc) is 3.30. The van der Waals surface area contributed by atoms with E-state index in [4.69, 9.17) is 9.72 Å². The van der Waals surface area contributed by atoms with E-state index in [1.54, 1.807) is 20.2 Å². The van der Waals surface area contributed by atoms with Crippen LogP contribution in [0.25, 0.3) is 11.0 Å². The molecule has 4 rings (SSSR count). The molecule has 1 aliphatic carbocycles. The van der Waals surface area contributed by atoms with Gasteiger partial charge in [0.05, 0.1) is 23.9 Å². The lowest BCUT2D eigenvalue weighted by atomic mass is 9.97. The topological polar surface area (TPSA) is 85.6 Å². The monoisotopic (exact) mass is 538 g/mol. The first-order chi connectivity index (χ1) is 19.4. The van der Waals surface area contributed by atoms with Crippen LogP contribution in [0.2, 0.25) is 0 Å². The zero-order valence-corrected chi connectivity index (χ0v) is 24.1. The maximum absolute atomic E-state index is 13.3. The number of nitrogens with one attached hydrogen (secondary N) is 1. The van der Waals surface area contributed by atoms with Gasteiger partial charge in [-0.3, -0.25) is 19.9 Å². The molecule has 0 aliphatic heterocycles. The smallest absolute Gasteiger partial charge is 0.253 e. The second-order valence-electron chi connectivity index (χ2n) is 9.89. The van der Waals surface area contributed by atoms with Crippen molar-refractivity contribution in [2.45, 2.75) is 59.4 Å². The molecule has 7 heteroatoms. The largest absolute Gasteiger partial charge is 0.496 e. The number of hydrogen-bond acceptors (Lipinski definition) is 5. The Morgan fingerprint density at radius 3 is 2.67 bits per heavy atom. The van der Waals surface area contributed by atoms with Gasteiger partial charge in [0.15, 0.2) is 5.78 Å². The Kier molecular flexibility index (Phi) is 9.48. The third kappa shape index (κ3) is 6.65. The number of aromatic nitrogens is 2. The van der Waals surface area contributed by atoms with Crippen LogP contribution in [-0.4, -0.2) is 41.1 Å². The van der Waals surface area contributed by atoms with Gasteiger partial charge >= 0.3 is 0 Å². The van der Waals surface area contributed by atoms with Gasteiger partial charge in [0.1, 0.15) is 5.75 Å². The van der Waals surface area contributed by atoms with Gasteiger partial charge in [0.2, 0.25) is 5.95 Å². The number of benzene rings is 2. The van der Waals surface area contributed by atoms with E-state index in [1.165, 1.54) is 18.6 Å². The van der Waals surface area contributed by atoms with Gasteiger partial charge < -0.3 is 9.30 Å². The van der Waals surface area contributed by atoms with Crippen LogP contribution in [-0.2, 0) is 29.0 Å². The molecule has 0 saturated carbocycles. The Morgan fingerprint density at radius 1 is 1.15 bits per heavy atom. The van der Waals surface area contributed by atoms with Crippen molar-refractivity contribution in [3.8, 4) is 5.75 Å². The highest BCUT2D eigenvalue weighted by Gasteiger charge is 2.19. The van der Waals surface area contributed by atoms with E-state index >= 15 is 0 Å². The summed E-state index contributed by atoms with van der Waals surface area (Å²) in [5.41, 5.74) is 7.58. The van der Waals surface area contributed by atoms with Gasteiger partial charge in [0.25, 0.3) is 5.91 Å². The number of ether oxygens (including phenoxy) is 1. The fourth-order valence-electron chi connectivity index (χ4n) is 4.98. The Balaban J connectivity index is 1.67. The number of amides is 1. The van der Waals surface area contributed by atoms with E-state index in [-0.39, 0.29) is 11.7 Å². The SMILES string of the molecule is CCC1=CCCC(C(=O)Nc2nc3cc(CC)c(OC)cc3n2CCc2cccc(C(/C=C\C(C)=O)=N/C)c2)=C1. The first-order valence-corrected chi connectivity index (χ1v) is 13.9. The minimum absolute atomic E-state index is 0.0218. The third-order valence-electron chi connectivity index (χ3n) is 7.20. The number of anilines is 1. The molecule has 208 valence electrons. The molecule has 1 aliphatic rings. The van der Waals surface area contributed by atoms with Crippen LogP contribution >= 0.6 is 0 Å². The number of hydrogen-bond donors (Lipinski definition) is 1. The molecule has 1 heterocycles. The van der Waals surface area contributed by atoms with Crippen LogP contribution in [0.4, 0.5) is 5.95 Å². The molecule has 0 unspecified atom stereocenters. The normalized spacial score (nSPS) is 13.9. The molecule has 1 amide bonds. The fraction of sp³-hybridized carbons (Fsp3) is 0.333. The minimum atomic E-state index is -0.110. The lowest BCUT2D eigenvalue weighted by Gasteiger charge is -2.15. The maximum Gasteiger partial charge on any atom is 0.253 e. The third-order valence-corrected chi connectivity index (χ3v) is 7.20. The number of ketones is 1. The van der Waals surface area contributed by atoms with Crippen LogP contribution < -0.4 is 10.1 Å². The molecule has 0 spiro atoms. The molecule has 0 radical (unpaired) electrons. The summed E-state index contributed by atoms with van der Waals surface area (Å²) in [5.74, 6) is 1.21. The summed E-state index contributed by atoms with van der Waals surface area (Å²) >= 11 is 0. The Morgan fingerprint density at radius 2 is 1.98 bits per heavy atom. The molecule has 1 N–H and O–H groups in total. The maximum atomic E-state index is 13.3. The van der Waals surface area contributed by atoms with Gasteiger partial charge in [0, 0.05) is 25.2 Å². The van der Waals surface area contributed by atoms with Crippen molar-refractivity contribution in [1.82, 2.24) is 9.55 Å². The molecular formula is C33H38N4O3. The van der Waals surface area contributed by atoms with Gasteiger partial charge in [-0.05, 0) is 80.0 Å². The van der Waals surface area contributed by atoms with Crippen molar-refractivity contribution in [3.05, 3.63) is 88.5 Å². The minimum Gasteiger partial charge on any atom is -0.496 e. The molecular weight excluding hydrogens is 500 g/mol. The quantitative estimate of drug-likeness (QED) is 0.226. The lowest BCUT2D eigenvalue weighted by Crippen LogP contribution is -2.19. The number of imidazole rings is 1. The summed E-state index contributed by atoms with van der Waals surface area (Å²) in [5, 5.41) is 3.11. The number of methoxy groups -OCH3 is 1. The molecule has 40 heavy (non-hydrogen) atoms. The van der Waals surface area contributed by atoms with E-state index in [2.05, 4.69) is 46.9 Å². The van der Waals surface area contributed by atoms with E-state index in [1.807, 2.05) is 30.3 Å². The summed E-state index contributed by atoms with van der Waals surface area (Å²) in [6, 6.07) is 12.2. The zero-order valence-electron chi connectivity index (χ0n) is 24.1. The number of aliphatic imine (C=N–C) groups is 1. The van der Waals surface area contributed by atoms with Crippen LogP contribution in [0.3, 0.4) is 0 Å². The molecule has 7 nitrogen and oxygen atoms in total. The van der Waals surface area contributed by atoms with Gasteiger partial charge in [-0.15, -0.1) is 0 Å². The Hall–Kier alpha value is -4.26. The standard InChI is InChI=1S/C33H38N4O3/c1-6-23-10-8-13-27(18-23)32(39)36-33-35-29-20-25(7-2)31(40-5)21-30(29)37(33)17-16-24-11-9-12-26(19-24)28(34-4)15-14-22(3)38/h9-12,14-15,18-21H,6-8,13,16-17H2,1-5H3,(H,35,36,39)/b15-14-,34-28+. The van der Waals surface area contributed by atoms with Gasteiger partial charge in [-0.25, -0.2) is 4.98 Å². The van der Waals surface area contributed by atoms with Crippen molar-refractivity contribution in [1.29, 1.82) is 0 Å². The van der Waals surface area contributed by atoms with E-state index in [0.29, 0.717) is 18.9 Å². The summed E-state index contributed by atoms with van der Waals surface area (Å²) in [7, 11) is 3.40. The summed E-state index contributed by atoms with van der Waals surface area (Å²) in [6.07, 6.45) is 11.5. The summed E-state index contributed by atoms with van der Waals surface area (Å²) in [4.78, 5) is 34.0. The lowest BCUT2D eigenvalue weighted by molar-refractivity contribution is -0.113. The number of carbonyl (C=O) groups is 2. The number of nitrogens with zero attached hydrogens (tertiary/aromatic N) is 3. The number of allylic oxidation sites excluding steroid dienone is 5. The number of aryl methyl sites for hydroxylation is 3. The average molecular weight is 539 g/mol. The van der Waals surface area contributed by atoms with Crippen LogP contribution in [0.15, 0.2) is 76.8 Å². The highest BCUT2D eigenvalue weighted by atomic mass is 16.5. The summed E-state index contributed by atoms with van der Waals surface area (Å²) in [6.45, 7) is 6.31. The van der Waals surface area contributed by atoms with E-state index in [9.17, 15) is 9.59 Å². The Labute approximate surface area is 236 Å². The molecule has 2 aromatic carbocycles. The van der Waals surface area contributed by atoms with Crippen molar-refractivity contribution in [2.24, 2.45) is 4.99 Å². The first kappa shape index (κ1) is 28.7. The zero-order chi connectivity index (χ0) is 28.6. The van der Waals surface area contributed by atoms with E-state index in [0.717, 1.165) is 70.4 Å². The molecule has 0 bridgehead atoms. The second-order valence-corrected chi connectivity index (χ2v) is 9.89. The molecule has 0 fully saturated rings. The molecule has 1 aromatic heterocycles. The summed E-state index contributed by atoms with van der Waals surface area (Å²) < 4.78 is 7.74. The van der Waals surface area contributed by atoms with Crippen LogP contribution in [0, 0.1) is 0 Å². The fourth-order valence-corrected chi connectivity index (χ4v) is 4.98. The highest BCUT2D eigenvalue weighted by Crippen LogP contribution is 2.30. The number of fused-ring (bicyclic) bond motifs is 1. The molecule has 3 aromatic rings. The van der Waals surface area contributed by atoms with Crippen molar-refractivity contribution >= 4 is 34.4 Å². The number of rotatable bonds is 11. The van der Waals surface area contributed by atoms with Gasteiger partial charge in [-0.1, -0.05) is 49.8 Å². The second kappa shape index (κ2) is 13.2. The van der Waals surface area contributed by atoms with Crippen molar-refractivity contribution in [2.75, 3.05) is 19.5 Å². The van der Waals surface area contributed by atoms with Gasteiger partial charge in [-0.2, -0.15) is 0 Å². The first-order valence-electron chi connectivity index (χ1n) is 13.9. The molecule has 0 saturated heterocycles. The van der Waals surface area contributed by atoms with Crippen LogP contribution in [0.1, 0.15) is 56.7 Å². The number of carbonyl (C=O) groups excluding carboxylic acids is 2. The molecule has 0 atom stereocenters. The predicted molar refractivity (Wildman–Crippen MR) is 162 cm³/mol. The van der Waals surface area contributed by atoms with E-state index < -0.39 is 0 Å². The Bertz CT molecular complexity index is 1540. The van der Waals surface area contributed by atoms with Crippen LogP contribution in [0.5, 0.6) is 5.75 Å². The van der Waals surface area contributed by atoms with Crippen molar-refractivity contribution < 1.29 is 14.3 Å².